The number of rotatable bonds is 4. The Morgan fingerprint density at radius 2 is 2.20 bits per heavy atom. The Bertz CT molecular complexity index is 716. The van der Waals surface area contributed by atoms with E-state index in [0.29, 0.717) is 23.7 Å². The molecule has 1 aliphatic heterocycles. The molecule has 0 spiro atoms. The van der Waals surface area contributed by atoms with E-state index in [4.69, 9.17) is 4.52 Å². The van der Waals surface area contributed by atoms with Gasteiger partial charge in [-0.05, 0) is 24.6 Å². The molecule has 2 unspecified atom stereocenters. The Hall–Kier alpha value is -1.93. The highest BCUT2D eigenvalue weighted by molar-refractivity contribution is 5.28. The number of hydrogen-bond acceptors (Lipinski definition) is 5. The summed E-state index contributed by atoms with van der Waals surface area (Å²) in [6.45, 7) is 4.42. The molecular formula is C17H21F3N4O. The van der Waals surface area contributed by atoms with Crippen LogP contribution in [0.1, 0.15) is 41.7 Å². The maximum absolute atomic E-state index is 12.9. The van der Waals surface area contributed by atoms with Crippen molar-refractivity contribution in [1.82, 2.24) is 20.4 Å². The third-order valence-electron chi connectivity index (χ3n) is 4.56. The molecule has 2 heterocycles. The normalized spacial score (nSPS) is 20.6. The van der Waals surface area contributed by atoms with E-state index in [1.807, 2.05) is 14.0 Å². The molecule has 1 N–H and O–H groups in total. The van der Waals surface area contributed by atoms with Gasteiger partial charge in [0.25, 0.3) is 0 Å². The minimum Gasteiger partial charge on any atom is -0.339 e. The minimum atomic E-state index is -4.34. The van der Waals surface area contributed by atoms with E-state index >= 15 is 0 Å². The van der Waals surface area contributed by atoms with Gasteiger partial charge >= 0.3 is 6.18 Å². The molecule has 25 heavy (non-hydrogen) atoms. The van der Waals surface area contributed by atoms with Crippen LogP contribution >= 0.6 is 0 Å². The summed E-state index contributed by atoms with van der Waals surface area (Å²) in [5.74, 6) is 0.901. The third kappa shape index (κ3) is 4.19. The van der Waals surface area contributed by atoms with Crippen LogP contribution < -0.4 is 5.32 Å². The average molecular weight is 354 g/mol. The molecule has 1 aliphatic rings. The first-order valence-electron chi connectivity index (χ1n) is 8.25. The van der Waals surface area contributed by atoms with E-state index in [1.54, 1.807) is 6.07 Å². The van der Waals surface area contributed by atoms with Gasteiger partial charge in [0.15, 0.2) is 5.82 Å². The van der Waals surface area contributed by atoms with Gasteiger partial charge < -0.3 is 9.84 Å². The highest BCUT2D eigenvalue weighted by Gasteiger charge is 2.31. The maximum Gasteiger partial charge on any atom is 0.416 e. The van der Waals surface area contributed by atoms with Crippen LogP contribution in [-0.4, -0.2) is 41.7 Å². The fourth-order valence-corrected chi connectivity index (χ4v) is 2.98. The standard InChI is InChI=1S/C17H21F3N4O/c1-11(12-4-3-5-13(9-12)17(18,19)20)8-15-22-16(23-25-15)14-10-21-6-7-24(14)2/h3-5,9,11,14,21H,6-8,10H2,1-2H3. The number of benzene rings is 1. The van der Waals surface area contributed by atoms with Crippen molar-refractivity contribution in [2.24, 2.45) is 0 Å². The zero-order chi connectivity index (χ0) is 18.0. The molecule has 8 heteroatoms. The van der Waals surface area contributed by atoms with Gasteiger partial charge in [0, 0.05) is 26.1 Å². The van der Waals surface area contributed by atoms with Gasteiger partial charge in [0.2, 0.25) is 5.89 Å². The molecule has 0 saturated carbocycles. The lowest BCUT2D eigenvalue weighted by Crippen LogP contribution is -2.44. The number of alkyl halides is 3. The van der Waals surface area contributed by atoms with Crippen molar-refractivity contribution in [2.75, 3.05) is 26.7 Å². The van der Waals surface area contributed by atoms with E-state index in [9.17, 15) is 13.2 Å². The first-order valence-corrected chi connectivity index (χ1v) is 8.25. The van der Waals surface area contributed by atoms with E-state index in [-0.39, 0.29) is 12.0 Å². The first kappa shape index (κ1) is 17.9. The Kier molecular flexibility index (Phi) is 5.10. The van der Waals surface area contributed by atoms with E-state index in [1.165, 1.54) is 12.1 Å². The molecule has 1 saturated heterocycles. The van der Waals surface area contributed by atoms with Crippen LogP contribution in [0, 0.1) is 0 Å². The van der Waals surface area contributed by atoms with Crippen LogP contribution in [0.15, 0.2) is 28.8 Å². The molecule has 0 amide bonds. The number of nitrogens with one attached hydrogen (secondary N) is 1. The van der Waals surface area contributed by atoms with E-state index in [0.717, 1.165) is 25.7 Å². The predicted molar refractivity (Wildman–Crippen MR) is 86.1 cm³/mol. The summed E-state index contributed by atoms with van der Waals surface area (Å²) in [6.07, 6.45) is -3.94. The molecule has 0 bridgehead atoms. The summed E-state index contributed by atoms with van der Waals surface area (Å²) in [5, 5.41) is 7.34. The van der Waals surface area contributed by atoms with E-state index in [2.05, 4.69) is 20.4 Å². The molecular weight excluding hydrogens is 333 g/mol. The lowest BCUT2D eigenvalue weighted by Gasteiger charge is -2.30. The van der Waals surface area contributed by atoms with Gasteiger partial charge in [-0.15, -0.1) is 0 Å². The summed E-state index contributed by atoms with van der Waals surface area (Å²) in [6, 6.07) is 5.43. The number of aromatic nitrogens is 2. The maximum atomic E-state index is 12.9. The molecule has 136 valence electrons. The van der Waals surface area contributed by atoms with Gasteiger partial charge in [-0.1, -0.05) is 30.3 Å². The zero-order valence-electron chi connectivity index (χ0n) is 14.2. The summed E-state index contributed by atoms with van der Waals surface area (Å²) in [4.78, 5) is 6.59. The summed E-state index contributed by atoms with van der Waals surface area (Å²) < 4.78 is 43.9. The lowest BCUT2D eigenvalue weighted by molar-refractivity contribution is -0.137. The van der Waals surface area contributed by atoms with Crippen molar-refractivity contribution < 1.29 is 17.7 Å². The molecule has 1 aromatic carbocycles. The summed E-state index contributed by atoms with van der Waals surface area (Å²) in [5.41, 5.74) is -0.0380. The Morgan fingerprint density at radius 3 is 2.92 bits per heavy atom. The van der Waals surface area contributed by atoms with Crippen LogP contribution in [0.2, 0.25) is 0 Å². The van der Waals surface area contributed by atoms with Crippen molar-refractivity contribution >= 4 is 0 Å². The predicted octanol–water partition coefficient (Wildman–Crippen LogP) is 3.01. The second-order valence-corrected chi connectivity index (χ2v) is 6.48. The quantitative estimate of drug-likeness (QED) is 0.915. The van der Waals surface area contributed by atoms with Crippen LogP contribution in [0.3, 0.4) is 0 Å². The van der Waals surface area contributed by atoms with Crippen LogP contribution in [0.4, 0.5) is 13.2 Å². The lowest BCUT2D eigenvalue weighted by atomic mass is 9.96. The van der Waals surface area contributed by atoms with Gasteiger partial charge in [-0.2, -0.15) is 18.2 Å². The van der Waals surface area contributed by atoms with Crippen LogP contribution in [0.5, 0.6) is 0 Å². The van der Waals surface area contributed by atoms with Gasteiger partial charge in [0.1, 0.15) is 0 Å². The molecule has 1 aromatic heterocycles. The molecule has 3 rings (SSSR count). The minimum absolute atomic E-state index is 0.0510. The topological polar surface area (TPSA) is 54.2 Å². The number of halogens is 3. The van der Waals surface area contributed by atoms with E-state index < -0.39 is 11.7 Å². The highest BCUT2D eigenvalue weighted by Crippen LogP contribution is 2.31. The third-order valence-corrected chi connectivity index (χ3v) is 4.56. The van der Waals surface area contributed by atoms with Crippen molar-refractivity contribution in [3.05, 3.63) is 47.1 Å². The average Bonchev–Trinajstić information content (AvgIpc) is 3.03. The fraction of sp³-hybridized carbons (Fsp3) is 0.529. The molecule has 5 nitrogen and oxygen atoms in total. The Balaban J connectivity index is 1.70. The Labute approximate surface area is 144 Å². The second-order valence-electron chi connectivity index (χ2n) is 6.48. The molecule has 1 fully saturated rings. The highest BCUT2D eigenvalue weighted by atomic mass is 19.4. The van der Waals surface area contributed by atoms with Gasteiger partial charge in [0.05, 0.1) is 11.6 Å². The Morgan fingerprint density at radius 1 is 1.40 bits per heavy atom. The van der Waals surface area contributed by atoms with Gasteiger partial charge in [-0.3, -0.25) is 4.90 Å². The van der Waals surface area contributed by atoms with Crippen LogP contribution in [0.25, 0.3) is 0 Å². The number of piperazine rings is 1. The van der Waals surface area contributed by atoms with Gasteiger partial charge in [-0.25, -0.2) is 0 Å². The summed E-state index contributed by atoms with van der Waals surface area (Å²) in [7, 11) is 2.01. The summed E-state index contributed by atoms with van der Waals surface area (Å²) >= 11 is 0. The smallest absolute Gasteiger partial charge is 0.339 e. The molecule has 0 radical (unpaired) electrons. The van der Waals surface area contributed by atoms with Crippen molar-refractivity contribution in [2.45, 2.75) is 31.5 Å². The van der Waals surface area contributed by atoms with Crippen molar-refractivity contribution in [1.29, 1.82) is 0 Å². The van der Waals surface area contributed by atoms with Crippen LogP contribution in [-0.2, 0) is 12.6 Å². The van der Waals surface area contributed by atoms with Crippen molar-refractivity contribution in [3.63, 3.8) is 0 Å². The zero-order valence-corrected chi connectivity index (χ0v) is 14.2. The largest absolute Gasteiger partial charge is 0.416 e. The molecule has 0 aliphatic carbocycles. The fourth-order valence-electron chi connectivity index (χ4n) is 2.98. The second kappa shape index (κ2) is 7.13. The van der Waals surface area contributed by atoms with Crippen molar-refractivity contribution in [3.8, 4) is 0 Å². The monoisotopic (exact) mass is 354 g/mol. The number of likely N-dealkylation sites (N-methyl/N-ethyl adjacent to an activating group) is 1. The number of hydrogen-bond donors (Lipinski definition) is 1. The first-order chi connectivity index (χ1) is 11.8. The molecule has 2 atom stereocenters. The SMILES string of the molecule is CC(Cc1nc(C2CNCCN2C)no1)c1cccc(C(F)(F)F)c1. The number of nitrogens with zero attached hydrogens (tertiary/aromatic N) is 3. The molecule has 2 aromatic rings.